The Kier molecular flexibility index (Phi) is 5.73. The largest absolute Gasteiger partial charge is 0.245 e. The van der Waals surface area contributed by atoms with Crippen molar-refractivity contribution in [1.82, 2.24) is 25.4 Å². The normalized spacial score (nSPS) is 9.13. The standard InChI is InChI=1S/C6H11N3.C4H4N2/c1-2-3-4-6-5-7-9-8-6;1-2-5-4-6-3-1/h5H,2-4H2,1H3,(H,7,8,9);1-4H. The molecule has 0 radical (unpaired) electrons. The van der Waals surface area contributed by atoms with Gasteiger partial charge in [-0.3, -0.25) is 0 Å². The van der Waals surface area contributed by atoms with Gasteiger partial charge in [0.25, 0.3) is 0 Å². The summed E-state index contributed by atoms with van der Waals surface area (Å²) in [4.78, 5) is 7.35. The Morgan fingerprint density at radius 3 is 2.47 bits per heavy atom. The van der Waals surface area contributed by atoms with Crippen LogP contribution < -0.4 is 0 Å². The van der Waals surface area contributed by atoms with E-state index in [1.54, 1.807) is 24.7 Å². The molecule has 2 aromatic rings. The average Bonchev–Trinajstić information content (AvgIpc) is 2.82. The molecule has 0 amide bonds. The van der Waals surface area contributed by atoms with Crippen molar-refractivity contribution < 1.29 is 0 Å². The molecule has 5 nitrogen and oxygen atoms in total. The van der Waals surface area contributed by atoms with E-state index in [9.17, 15) is 0 Å². The van der Waals surface area contributed by atoms with Crippen LogP contribution in [0, 0.1) is 0 Å². The lowest BCUT2D eigenvalue weighted by Gasteiger charge is -1.88. The maximum atomic E-state index is 3.92. The summed E-state index contributed by atoms with van der Waals surface area (Å²) in [6.07, 6.45) is 10.1. The van der Waals surface area contributed by atoms with E-state index in [1.807, 2.05) is 0 Å². The van der Waals surface area contributed by atoms with E-state index in [4.69, 9.17) is 0 Å². The van der Waals surface area contributed by atoms with Crippen LogP contribution in [0.2, 0.25) is 0 Å². The Hall–Kier alpha value is -1.78. The number of rotatable bonds is 3. The van der Waals surface area contributed by atoms with Crippen molar-refractivity contribution in [3.63, 3.8) is 0 Å². The summed E-state index contributed by atoms with van der Waals surface area (Å²) in [6.45, 7) is 2.17. The van der Waals surface area contributed by atoms with Gasteiger partial charge in [-0.15, -0.1) is 0 Å². The van der Waals surface area contributed by atoms with Gasteiger partial charge in [-0.05, 0) is 18.9 Å². The summed E-state index contributed by atoms with van der Waals surface area (Å²) in [5.74, 6) is 0. The Morgan fingerprint density at radius 1 is 1.27 bits per heavy atom. The molecule has 0 aliphatic carbocycles. The van der Waals surface area contributed by atoms with Gasteiger partial charge in [-0.1, -0.05) is 13.3 Å². The predicted octanol–water partition coefficient (Wildman–Crippen LogP) is 1.62. The highest BCUT2D eigenvalue weighted by atomic mass is 15.3. The van der Waals surface area contributed by atoms with Crippen LogP contribution in [0.4, 0.5) is 0 Å². The number of nitrogens with one attached hydrogen (secondary N) is 1. The molecule has 0 atom stereocenters. The van der Waals surface area contributed by atoms with E-state index >= 15 is 0 Å². The second kappa shape index (κ2) is 7.61. The van der Waals surface area contributed by atoms with E-state index in [1.165, 1.54) is 19.2 Å². The van der Waals surface area contributed by atoms with Gasteiger partial charge in [0, 0.05) is 12.4 Å². The van der Waals surface area contributed by atoms with Crippen molar-refractivity contribution in [2.24, 2.45) is 0 Å². The number of hydrogen-bond acceptors (Lipinski definition) is 4. The molecule has 15 heavy (non-hydrogen) atoms. The molecule has 0 aliphatic rings. The number of unbranched alkanes of at least 4 members (excludes halogenated alkanes) is 1. The van der Waals surface area contributed by atoms with Gasteiger partial charge >= 0.3 is 0 Å². The maximum absolute atomic E-state index is 3.92. The molecule has 0 bridgehead atoms. The Morgan fingerprint density at radius 2 is 2.07 bits per heavy atom. The Balaban J connectivity index is 0.000000162. The van der Waals surface area contributed by atoms with Gasteiger partial charge < -0.3 is 0 Å². The van der Waals surface area contributed by atoms with Crippen LogP contribution in [0.15, 0.2) is 31.0 Å². The number of hydrogen-bond donors (Lipinski definition) is 1. The fourth-order valence-corrected chi connectivity index (χ4v) is 0.957. The fourth-order valence-electron chi connectivity index (χ4n) is 0.957. The average molecular weight is 205 g/mol. The molecule has 0 aliphatic heterocycles. The molecule has 0 spiro atoms. The number of nitrogens with zero attached hydrogens (tertiary/aromatic N) is 4. The fraction of sp³-hybridized carbons (Fsp3) is 0.400. The Bertz CT molecular complexity index is 292. The van der Waals surface area contributed by atoms with Crippen LogP contribution in [0.1, 0.15) is 25.5 Å². The first-order chi connectivity index (χ1) is 7.43. The number of aryl methyl sites for hydroxylation is 1. The smallest absolute Gasteiger partial charge is 0.115 e. The van der Waals surface area contributed by atoms with Crippen LogP contribution in [-0.4, -0.2) is 25.4 Å². The summed E-state index contributed by atoms with van der Waals surface area (Å²) in [5, 5.41) is 10.2. The van der Waals surface area contributed by atoms with E-state index in [0.29, 0.717) is 0 Å². The van der Waals surface area contributed by atoms with E-state index < -0.39 is 0 Å². The third kappa shape index (κ3) is 5.51. The van der Waals surface area contributed by atoms with Crippen molar-refractivity contribution >= 4 is 0 Å². The zero-order chi connectivity index (χ0) is 10.8. The third-order valence-corrected chi connectivity index (χ3v) is 1.73. The first-order valence-corrected chi connectivity index (χ1v) is 4.98. The SMILES string of the molecule is CCCCc1cn[nH]n1.c1cncnc1. The number of aromatic amines is 1. The molecule has 1 N–H and O–H groups in total. The van der Waals surface area contributed by atoms with Gasteiger partial charge in [0.1, 0.15) is 6.33 Å². The lowest BCUT2D eigenvalue weighted by Crippen LogP contribution is -1.83. The zero-order valence-electron chi connectivity index (χ0n) is 8.80. The minimum atomic E-state index is 1.05. The molecule has 0 saturated heterocycles. The first kappa shape index (κ1) is 11.3. The first-order valence-electron chi connectivity index (χ1n) is 4.98. The van der Waals surface area contributed by atoms with Crippen LogP contribution in [0.5, 0.6) is 0 Å². The molecule has 2 heterocycles. The summed E-state index contributed by atoms with van der Waals surface area (Å²) >= 11 is 0. The highest BCUT2D eigenvalue weighted by molar-refractivity contribution is 4.89. The van der Waals surface area contributed by atoms with E-state index in [-0.39, 0.29) is 0 Å². The van der Waals surface area contributed by atoms with Crippen molar-refractivity contribution in [3.05, 3.63) is 36.7 Å². The summed E-state index contributed by atoms with van der Waals surface area (Å²) in [6, 6.07) is 1.78. The number of aromatic nitrogens is 5. The summed E-state index contributed by atoms with van der Waals surface area (Å²) in [7, 11) is 0. The van der Waals surface area contributed by atoms with Crippen molar-refractivity contribution in [1.29, 1.82) is 0 Å². The molecule has 0 saturated carbocycles. The van der Waals surface area contributed by atoms with Gasteiger partial charge in [-0.25, -0.2) is 9.97 Å². The van der Waals surface area contributed by atoms with Crippen LogP contribution in [-0.2, 0) is 6.42 Å². The highest BCUT2D eigenvalue weighted by Gasteiger charge is 1.91. The summed E-state index contributed by atoms with van der Waals surface area (Å²) < 4.78 is 0. The zero-order valence-corrected chi connectivity index (χ0v) is 8.80. The second-order valence-electron chi connectivity index (χ2n) is 2.97. The maximum Gasteiger partial charge on any atom is 0.115 e. The van der Waals surface area contributed by atoms with Crippen LogP contribution in [0.3, 0.4) is 0 Å². The monoisotopic (exact) mass is 205 g/mol. The lowest BCUT2D eigenvalue weighted by molar-refractivity contribution is 0.770. The van der Waals surface area contributed by atoms with E-state index in [2.05, 4.69) is 32.3 Å². The van der Waals surface area contributed by atoms with Gasteiger partial charge in [0.2, 0.25) is 0 Å². The minimum absolute atomic E-state index is 1.05. The molecular weight excluding hydrogens is 190 g/mol. The quantitative estimate of drug-likeness (QED) is 0.826. The van der Waals surface area contributed by atoms with Gasteiger partial charge in [0.15, 0.2) is 0 Å². The highest BCUT2D eigenvalue weighted by Crippen LogP contribution is 1.96. The topological polar surface area (TPSA) is 67.3 Å². The van der Waals surface area contributed by atoms with Crippen molar-refractivity contribution in [3.8, 4) is 0 Å². The van der Waals surface area contributed by atoms with Crippen molar-refractivity contribution in [2.45, 2.75) is 26.2 Å². The van der Waals surface area contributed by atoms with Gasteiger partial charge in [0.05, 0.1) is 11.9 Å². The van der Waals surface area contributed by atoms with E-state index in [0.717, 1.165) is 12.1 Å². The molecular formula is C10H15N5. The predicted molar refractivity (Wildman–Crippen MR) is 57.0 cm³/mol. The summed E-state index contributed by atoms with van der Waals surface area (Å²) in [5.41, 5.74) is 1.07. The lowest BCUT2D eigenvalue weighted by atomic mass is 10.2. The second-order valence-corrected chi connectivity index (χ2v) is 2.97. The minimum Gasteiger partial charge on any atom is -0.245 e. The molecule has 2 rings (SSSR count). The third-order valence-electron chi connectivity index (χ3n) is 1.73. The molecule has 80 valence electrons. The molecule has 2 aromatic heterocycles. The molecule has 0 aromatic carbocycles. The number of H-pyrrole nitrogens is 1. The molecule has 5 heteroatoms. The van der Waals surface area contributed by atoms with Crippen LogP contribution >= 0.6 is 0 Å². The van der Waals surface area contributed by atoms with Gasteiger partial charge in [-0.2, -0.15) is 15.4 Å². The van der Waals surface area contributed by atoms with Crippen molar-refractivity contribution in [2.75, 3.05) is 0 Å². The molecule has 0 fully saturated rings. The van der Waals surface area contributed by atoms with Crippen LogP contribution in [0.25, 0.3) is 0 Å². The molecule has 0 unspecified atom stereocenters. The Labute approximate surface area is 89.0 Å².